The van der Waals surface area contributed by atoms with Crippen LogP contribution in [0, 0.1) is 23.7 Å². The van der Waals surface area contributed by atoms with Gasteiger partial charge >= 0.3 is 0 Å². The molecule has 0 aromatic carbocycles. The van der Waals surface area contributed by atoms with Crippen LogP contribution in [0.25, 0.3) is 0 Å². The Hall–Kier alpha value is 0. The van der Waals surface area contributed by atoms with E-state index in [-0.39, 0.29) is 0 Å². The standard InChI is InChI=1S/C15H30/c1-5-13-8-7-9-15(12(3)4)11-14(6-2)10-13/h12-15H,5-11H2,1-4H3. The van der Waals surface area contributed by atoms with Crippen molar-refractivity contribution in [3.05, 3.63) is 0 Å². The fraction of sp³-hybridized carbons (Fsp3) is 1.00. The zero-order chi connectivity index (χ0) is 11.3. The van der Waals surface area contributed by atoms with Gasteiger partial charge in [-0.2, -0.15) is 0 Å². The summed E-state index contributed by atoms with van der Waals surface area (Å²) < 4.78 is 0. The van der Waals surface area contributed by atoms with Gasteiger partial charge in [0.2, 0.25) is 0 Å². The summed E-state index contributed by atoms with van der Waals surface area (Å²) >= 11 is 0. The maximum Gasteiger partial charge on any atom is -0.0388 e. The highest BCUT2D eigenvalue weighted by Crippen LogP contribution is 2.35. The third-order valence-electron chi connectivity index (χ3n) is 4.59. The van der Waals surface area contributed by atoms with E-state index in [4.69, 9.17) is 0 Å². The second-order valence-corrected chi connectivity index (χ2v) is 5.95. The minimum atomic E-state index is 0.900. The summed E-state index contributed by atoms with van der Waals surface area (Å²) in [5.41, 5.74) is 0. The van der Waals surface area contributed by atoms with E-state index in [0.29, 0.717) is 0 Å². The van der Waals surface area contributed by atoms with Gasteiger partial charge < -0.3 is 0 Å². The molecule has 3 atom stereocenters. The van der Waals surface area contributed by atoms with E-state index >= 15 is 0 Å². The molecular formula is C15H30. The van der Waals surface area contributed by atoms with Crippen molar-refractivity contribution >= 4 is 0 Å². The van der Waals surface area contributed by atoms with Crippen molar-refractivity contribution in [2.75, 3.05) is 0 Å². The Morgan fingerprint density at radius 3 is 2.13 bits per heavy atom. The molecule has 0 heterocycles. The molecule has 0 bridgehead atoms. The average molecular weight is 210 g/mol. The molecule has 0 aromatic heterocycles. The maximum absolute atomic E-state index is 2.41. The van der Waals surface area contributed by atoms with Gasteiger partial charge in [-0.05, 0) is 36.5 Å². The summed E-state index contributed by atoms with van der Waals surface area (Å²) in [6.45, 7) is 9.59. The predicted octanol–water partition coefficient (Wildman–Crippen LogP) is 5.28. The quantitative estimate of drug-likeness (QED) is 0.595. The topological polar surface area (TPSA) is 0 Å². The molecular weight excluding hydrogens is 180 g/mol. The van der Waals surface area contributed by atoms with E-state index in [9.17, 15) is 0 Å². The summed E-state index contributed by atoms with van der Waals surface area (Å²) in [5.74, 6) is 3.95. The van der Waals surface area contributed by atoms with E-state index in [1.54, 1.807) is 0 Å². The van der Waals surface area contributed by atoms with E-state index in [2.05, 4.69) is 27.7 Å². The van der Waals surface area contributed by atoms with Crippen molar-refractivity contribution in [1.29, 1.82) is 0 Å². The molecule has 0 amide bonds. The first kappa shape index (κ1) is 13.1. The van der Waals surface area contributed by atoms with Crippen molar-refractivity contribution in [1.82, 2.24) is 0 Å². The smallest absolute Gasteiger partial charge is 0.0388 e. The number of rotatable bonds is 3. The second-order valence-electron chi connectivity index (χ2n) is 5.95. The van der Waals surface area contributed by atoms with Crippen LogP contribution < -0.4 is 0 Å². The van der Waals surface area contributed by atoms with Crippen LogP contribution in [0.5, 0.6) is 0 Å². The Balaban J connectivity index is 2.52. The van der Waals surface area contributed by atoms with Crippen molar-refractivity contribution in [2.24, 2.45) is 23.7 Å². The molecule has 0 heteroatoms. The summed E-state index contributed by atoms with van der Waals surface area (Å²) in [6, 6.07) is 0. The fourth-order valence-electron chi connectivity index (χ4n) is 3.21. The molecule has 1 rings (SSSR count). The highest BCUT2D eigenvalue weighted by molar-refractivity contribution is 4.75. The van der Waals surface area contributed by atoms with E-state index < -0.39 is 0 Å². The van der Waals surface area contributed by atoms with Crippen molar-refractivity contribution in [2.45, 2.75) is 72.6 Å². The SMILES string of the molecule is CCC1CCCC(C(C)C)CC(CC)C1. The average Bonchev–Trinajstić information content (AvgIpc) is 2.17. The van der Waals surface area contributed by atoms with E-state index in [0.717, 1.165) is 23.7 Å². The lowest BCUT2D eigenvalue weighted by atomic mass is 9.74. The van der Waals surface area contributed by atoms with Gasteiger partial charge in [0.05, 0.1) is 0 Å². The molecule has 0 spiro atoms. The Labute approximate surface area is 96.8 Å². The van der Waals surface area contributed by atoms with Gasteiger partial charge in [0, 0.05) is 0 Å². The molecule has 0 radical (unpaired) electrons. The number of hydrogen-bond acceptors (Lipinski definition) is 0. The Morgan fingerprint density at radius 1 is 0.933 bits per heavy atom. The van der Waals surface area contributed by atoms with E-state index in [1.165, 1.54) is 44.9 Å². The molecule has 0 nitrogen and oxygen atoms in total. The Morgan fingerprint density at radius 2 is 1.60 bits per heavy atom. The monoisotopic (exact) mass is 210 g/mol. The van der Waals surface area contributed by atoms with Crippen LogP contribution in [0.2, 0.25) is 0 Å². The lowest BCUT2D eigenvalue weighted by Crippen LogP contribution is -2.20. The predicted molar refractivity (Wildman–Crippen MR) is 69.0 cm³/mol. The first-order valence-corrected chi connectivity index (χ1v) is 7.17. The van der Waals surface area contributed by atoms with Gasteiger partial charge in [-0.1, -0.05) is 59.8 Å². The van der Waals surface area contributed by atoms with Gasteiger partial charge in [0.15, 0.2) is 0 Å². The molecule has 1 aliphatic carbocycles. The molecule has 90 valence electrons. The molecule has 0 N–H and O–H groups in total. The third kappa shape index (κ3) is 4.17. The van der Waals surface area contributed by atoms with Gasteiger partial charge in [-0.15, -0.1) is 0 Å². The van der Waals surface area contributed by atoms with Crippen LogP contribution in [0.4, 0.5) is 0 Å². The molecule has 3 unspecified atom stereocenters. The van der Waals surface area contributed by atoms with Crippen LogP contribution in [-0.2, 0) is 0 Å². The summed E-state index contributed by atoms with van der Waals surface area (Å²) in [6.07, 6.45) is 10.3. The van der Waals surface area contributed by atoms with Crippen molar-refractivity contribution < 1.29 is 0 Å². The summed E-state index contributed by atoms with van der Waals surface area (Å²) in [4.78, 5) is 0. The van der Waals surface area contributed by atoms with Crippen LogP contribution in [0.1, 0.15) is 72.6 Å². The Bertz CT molecular complexity index is 159. The second kappa shape index (κ2) is 6.55. The summed E-state index contributed by atoms with van der Waals surface area (Å²) in [5, 5.41) is 0. The molecule has 1 aliphatic rings. The molecule has 0 aliphatic heterocycles. The molecule has 1 fully saturated rings. The van der Waals surface area contributed by atoms with Crippen LogP contribution in [0.15, 0.2) is 0 Å². The van der Waals surface area contributed by atoms with E-state index in [1.807, 2.05) is 0 Å². The first-order chi connectivity index (χ1) is 7.17. The van der Waals surface area contributed by atoms with Crippen LogP contribution in [0.3, 0.4) is 0 Å². The lowest BCUT2D eigenvalue weighted by molar-refractivity contribution is 0.201. The van der Waals surface area contributed by atoms with Gasteiger partial charge in [0.25, 0.3) is 0 Å². The highest BCUT2D eigenvalue weighted by Gasteiger charge is 2.23. The Kier molecular flexibility index (Phi) is 5.71. The lowest BCUT2D eigenvalue weighted by Gasteiger charge is -2.31. The minimum Gasteiger partial charge on any atom is -0.0651 e. The fourth-order valence-corrected chi connectivity index (χ4v) is 3.21. The molecule has 0 aromatic rings. The molecule has 15 heavy (non-hydrogen) atoms. The summed E-state index contributed by atoms with van der Waals surface area (Å²) in [7, 11) is 0. The van der Waals surface area contributed by atoms with Gasteiger partial charge in [-0.25, -0.2) is 0 Å². The normalized spacial score (nSPS) is 33.8. The maximum atomic E-state index is 2.41. The molecule has 0 saturated heterocycles. The minimum absolute atomic E-state index is 0.900. The van der Waals surface area contributed by atoms with Crippen molar-refractivity contribution in [3.8, 4) is 0 Å². The van der Waals surface area contributed by atoms with Gasteiger partial charge in [0.1, 0.15) is 0 Å². The number of hydrogen-bond donors (Lipinski definition) is 0. The molecule has 1 saturated carbocycles. The largest absolute Gasteiger partial charge is 0.0651 e. The zero-order valence-electron chi connectivity index (χ0n) is 11.3. The van der Waals surface area contributed by atoms with Crippen LogP contribution >= 0.6 is 0 Å². The third-order valence-corrected chi connectivity index (χ3v) is 4.59. The first-order valence-electron chi connectivity index (χ1n) is 7.17. The van der Waals surface area contributed by atoms with Crippen molar-refractivity contribution in [3.63, 3.8) is 0 Å². The van der Waals surface area contributed by atoms with Crippen LogP contribution in [-0.4, -0.2) is 0 Å². The highest BCUT2D eigenvalue weighted by atomic mass is 14.3. The van der Waals surface area contributed by atoms with Gasteiger partial charge in [-0.3, -0.25) is 0 Å². The zero-order valence-corrected chi connectivity index (χ0v) is 11.3.